The minimum atomic E-state index is -3.68. The lowest BCUT2D eigenvalue weighted by molar-refractivity contribution is 0.0846. The smallest absolute Gasteiger partial charge is 0.267 e. The summed E-state index contributed by atoms with van der Waals surface area (Å²) in [6.45, 7) is 4.18. The number of hydrogen-bond acceptors (Lipinski definition) is 6. The molecule has 1 aliphatic rings. The van der Waals surface area contributed by atoms with Crippen molar-refractivity contribution in [3.05, 3.63) is 65.2 Å². The van der Waals surface area contributed by atoms with Crippen LogP contribution in [-0.2, 0) is 10.0 Å². The Hall–Kier alpha value is -2.01. The summed E-state index contributed by atoms with van der Waals surface area (Å²) < 4.78 is 27.1. The number of nitrogens with zero attached hydrogens (tertiary/aromatic N) is 1. The largest absolute Gasteiger partial charge is 0.269 e. The van der Waals surface area contributed by atoms with Gasteiger partial charge < -0.3 is 0 Å². The molecule has 2 aromatic rings. The third-order valence-electron chi connectivity index (χ3n) is 5.00. The van der Waals surface area contributed by atoms with Crippen LogP contribution in [0.1, 0.15) is 51.1 Å². The van der Waals surface area contributed by atoms with E-state index in [-0.39, 0.29) is 10.5 Å². The van der Waals surface area contributed by atoms with Crippen LogP contribution in [0.25, 0.3) is 0 Å². The highest BCUT2D eigenvalue weighted by Crippen LogP contribution is 2.43. The van der Waals surface area contributed by atoms with Crippen molar-refractivity contribution < 1.29 is 18.0 Å². The van der Waals surface area contributed by atoms with Crippen LogP contribution in [0.3, 0.4) is 0 Å². The average molecular weight is 494 g/mol. The molecule has 0 bridgehead atoms. The summed E-state index contributed by atoms with van der Waals surface area (Å²) in [6, 6.07) is 13.1. The fourth-order valence-corrected chi connectivity index (χ4v) is 7.64. The fourth-order valence-electron chi connectivity index (χ4n) is 3.24. The minimum Gasteiger partial charge on any atom is -0.267 e. The normalized spacial score (nSPS) is 14.8. The van der Waals surface area contributed by atoms with Crippen LogP contribution in [0.15, 0.2) is 53.4 Å². The van der Waals surface area contributed by atoms with Crippen molar-refractivity contribution in [2.45, 2.75) is 29.7 Å². The van der Waals surface area contributed by atoms with Crippen molar-refractivity contribution in [2.75, 3.05) is 24.6 Å². The number of hydrogen-bond donors (Lipinski definition) is 2. The Balaban J connectivity index is 1.62. The molecule has 1 saturated heterocycles. The number of carbonyl (C=O) groups is 2. The molecule has 2 N–H and O–H groups in total. The van der Waals surface area contributed by atoms with Crippen molar-refractivity contribution in [3.63, 3.8) is 0 Å². The van der Waals surface area contributed by atoms with Crippen LogP contribution < -0.4 is 10.9 Å². The first-order valence-electron chi connectivity index (χ1n) is 10.4. The zero-order valence-corrected chi connectivity index (χ0v) is 20.5. The molecule has 0 radical (unpaired) electrons. The molecule has 0 aliphatic carbocycles. The molecule has 1 fully saturated rings. The zero-order valence-electron chi connectivity index (χ0n) is 18.0. The third-order valence-corrected chi connectivity index (χ3v) is 10.1. The van der Waals surface area contributed by atoms with E-state index in [4.69, 9.17) is 0 Å². The molecule has 1 heterocycles. The molecular weight excluding hydrogens is 466 g/mol. The van der Waals surface area contributed by atoms with Crippen molar-refractivity contribution in [2.24, 2.45) is 0 Å². The Morgan fingerprint density at radius 1 is 0.938 bits per heavy atom. The van der Waals surface area contributed by atoms with Gasteiger partial charge in [0.05, 0.1) is 9.48 Å². The van der Waals surface area contributed by atoms with E-state index >= 15 is 0 Å². The molecule has 7 nitrogen and oxygen atoms in total. The van der Waals surface area contributed by atoms with Gasteiger partial charge in [-0.1, -0.05) is 32.0 Å². The lowest BCUT2D eigenvalue weighted by Gasteiger charge is -2.21. The SMILES string of the molecule is CCN(CC)S(=O)(=O)c1cccc(C(=O)NNC(=O)c2ccc(C3SCCCS3)cc2)c1. The second-order valence-corrected chi connectivity index (χ2v) is 11.7. The first kappa shape index (κ1) is 24.6. The van der Waals surface area contributed by atoms with E-state index in [1.54, 1.807) is 26.0 Å². The van der Waals surface area contributed by atoms with Crippen LogP contribution in [0.5, 0.6) is 0 Å². The van der Waals surface area contributed by atoms with Gasteiger partial charge in [0.2, 0.25) is 10.0 Å². The summed E-state index contributed by atoms with van der Waals surface area (Å²) >= 11 is 3.82. The highest BCUT2D eigenvalue weighted by Gasteiger charge is 2.23. The quantitative estimate of drug-likeness (QED) is 0.572. The summed E-state index contributed by atoms with van der Waals surface area (Å²) in [7, 11) is -3.68. The van der Waals surface area contributed by atoms with Gasteiger partial charge in [-0.25, -0.2) is 8.42 Å². The molecule has 2 aromatic carbocycles. The molecule has 1 aliphatic heterocycles. The monoisotopic (exact) mass is 493 g/mol. The lowest BCUT2D eigenvalue weighted by atomic mass is 10.1. The Morgan fingerprint density at radius 3 is 2.12 bits per heavy atom. The number of nitrogens with one attached hydrogen (secondary N) is 2. The molecule has 0 saturated carbocycles. The first-order valence-corrected chi connectivity index (χ1v) is 13.9. The maximum Gasteiger partial charge on any atom is 0.269 e. The third kappa shape index (κ3) is 5.86. The van der Waals surface area contributed by atoms with E-state index in [0.717, 1.165) is 11.5 Å². The van der Waals surface area contributed by atoms with Crippen molar-refractivity contribution in [1.82, 2.24) is 15.2 Å². The minimum absolute atomic E-state index is 0.0363. The van der Waals surface area contributed by atoms with Crippen molar-refractivity contribution >= 4 is 45.4 Å². The number of benzene rings is 2. The second-order valence-electron chi connectivity index (χ2n) is 7.07. The molecule has 0 unspecified atom stereocenters. The van der Waals surface area contributed by atoms with Gasteiger partial charge in [-0.15, -0.1) is 23.5 Å². The number of thioether (sulfide) groups is 2. The average Bonchev–Trinajstić information content (AvgIpc) is 2.83. The van der Waals surface area contributed by atoms with Gasteiger partial charge in [-0.2, -0.15) is 4.31 Å². The Bertz CT molecular complexity index is 1050. The lowest BCUT2D eigenvalue weighted by Crippen LogP contribution is -2.41. The predicted octanol–water partition coefficient (Wildman–Crippen LogP) is 3.66. The van der Waals surface area contributed by atoms with Gasteiger partial charge in [0.1, 0.15) is 0 Å². The van der Waals surface area contributed by atoms with Crippen LogP contribution in [0, 0.1) is 0 Å². The summed E-state index contributed by atoms with van der Waals surface area (Å²) in [6.07, 6.45) is 1.22. The summed E-state index contributed by atoms with van der Waals surface area (Å²) in [4.78, 5) is 24.9. The molecule has 0 spiro atoms. The first-order chi connectivity index (χ1) is 15.4. The molecule has 3 rings (SSSR count). The molecule has 10 heteroatoms. The van der Waals surface area contributed by atoms with Gasteiger partial charge >= 0.3 is 0 Å². The van der Waals surface area contributed by atoms with E-state index in [1.807, 2.05) is 35.7 Å². The van der Waals surface area contributed by atoms with Gasteiger partial charge in [-0.3, -0.25) is 20.4 Å². The highest BCUT2D eigenvalue weighted by molar-refractivity contribution is 8.16. The van der Waals surface area contributed by atoms with Crippen molar-refractivity contribution in [3.8, 4) is 0 Å². The maximum atomic E-state index is 12.7. The number of amides is 2. The van der Waals surface area contributed by atoms with Gasteiger partial charge in [0, 0.05) is 24.2 Å². The van der Waals surface area contributed by atoms with E-state index in [9.17, 15) is 18.0 Å². The van der Waals surface area contributed by atoms with Crippen LogP contribution >= 0.6 is 23.5 Å². The molecule has 32 heavy (non-hydrogen) atoms. The van der Waals surface area contributed by atoms with Crippen LogP contribution in [0.2, 0.25) is 0 Å². The highest BCUT2D eigenvalue weighted by atomic mass is 32.2. The second kappa shape index (κ2) is 11.2. The molecular formula is C22H27N3O4S3. The summed E-state index contributed by atoms with van der Waals surface area (Å²) in [5.74, 6) is 1.24. The summed E-state index contributed by atoms with van der Waals surface area (Å²) in [5.41, 5.74) is 6.49. The Labute approximate surface area is 197 Å². The predicted molar refractivity (Wildman–Crippen MR) is 130 cm³/mol. The van der Waals surface area contributed by atoms with Gasteiger partial charge in [-0.05, 0) is 53.8 Å². The number of sulfonamides is 1. The van der Waals surface area contributed by atoms with E-state index in [2.05, 4.69) is 10.9 Å². The van der Waals surface area contributed by atoms with E-state index < -0.39 is 21.8 Å². The van der Waals surface area contributed by atoms with E-state index in [1.165, 1.54) is 40.6 Å². The maximum absolute atomic E-state index is 12.7. The van der Waals surface area contributed by atoms with Gasteiger partial charge in [0.25, 0.3) is 11.8 Å². The van der Waals surface area contributed by atoms with Crippen molar-refractivity contribution in [1.29, 1.82) is 0 Å². The Kier molecular flexibility index (Phi) is 8.64. The zero-order chi connectivity index (χ0) is 23.1. The van der Waals surface area contributed by atoms with E-state index in [0.29, 0.717) is 23.2 Å². The number of carbonyl (C=O) groups excluding carboxylic acids is 2. The number of hydrazine groups is 1. The molecule has 0 aromatic heterocycles. The molecule has 2 amide bonds. The summed E-state index contributed by atoms with van der Waals surface area (Å²) in [5, 5.41) is 0. The Morgan fingerprint density at radius 2 is 1.53 bits per heavy atom. The standard InChI is InChI=1S/C22H27N3O4S3/c1-3-25(4-2)32(28,29)19-8-5-7-18(15-19)21(27)24-23-20(26)16-9-11-17(12-10-16)22-30-13-6-14-31-22/h5,7-12,15,22H,3-4,6,13-14H2,1-2H3,(H,23,26)(H,24,27). The topological polar surface area (TPSA) is 95.6 Å². The molecule has 0 atom stereocenters. The van der Waals surface area contributed by atoms with Crippen LogP contribution in [-0.4, -0.2) is 49.1 Å². The van der Waals surface area contributed by atoms with Gasteiger partial charge in [0.15, 0.2) is 0 Å². The number of rotatable bonds is 7. The van der Waals surface area contributed by atoms with Crippen LogP contribution in [0.4, 0.5) is 0 Å². The fraction of sp³-hybridized carbons (Fsp3) is 0.364. The molecule has 172 valence electrons.